The Morgan fingerprint density at radius 2 is 2.00 bits per heavy atom. The molecule has 0 spiro atoms. The minimum absolute atomic E-state index is 0.000618. The van der Waals surface area contributed by atoms with Crippen LogP contribution >= 0.6 is 0 Å². The molecule has 1 unspecified atom stereocenters. The van der Waals surface area contributed by atoms with Crippen molar-refractivity contribution in [2.75, 3.05) is 0 Å². The van der Waals surface area contributed by atoms with Gasteiger partial charge in [-0.05, 0) is 56.2 Å². The number of hydrogen-bond acceptors (Lipinski definition) is 2. The second-order valence-corrected chi connectivity index (χ2v) is 6.23. The van der Waals surface area contributed by atoms with Crippen molar-refractivity contribution in [1.29, 1.82) is 0 Å². The molecule has 0 bridgehead atoms. The first-order valence-electron chi connectivity index (χ1n) is 7.97. The molecule has 1 aliphatic rings. The van der Waals surface area contributed by atoms with E-state index in [-0.39, 0.29) is 11.9 Å². The largest absolute Gasteiger partial charge is 0.345 e. The summed E-state index contributed by atoms with van der Waals surface area (Å²) in [6, 6.07) is 6.63. The molecule has 1 aromatic heterocycles. The zero-order valence-electron chi connectivity index (χ0n) is 13.5. The molecule has 3 rings (SSSR count). The van der Waals surface area contributed by atoms with Gasteiger partial charge in [0.1, 0.15) is 0 Å². The maximum atomic E-state index is 12.4. The van der Waals surface area contributed by atoms with Gasteiger partial charge < -0.3 is 5.32 Å². The SMILES string of the molecule is Cc1nn(C)cc1C(=O)NC(C)c1ccc2c(c1)CCCC2. The Hall–Kier alpha value is -2.10. The van der Waals surface area contributed by atoms with E-state index in [9.17, 15) is 4.79 Å². The molecule has 0 saturated heterocycles. The van der Waals surface area contributed by atoms with Crippen molar-refractivity contribution in [3.63, 3.8) is 0 Å². The van der Waals surface area contributed by atoms with Gasteiger partial charge in [0.05, 0.1) is 17.3 Å². The predicted molar refractivity (Wildman–Crippen MR) is 86.9 cm³/mol. The van der Waals surface area contributed by atoms with Crippen molar-refractivity contribution in [2.24, 2.45) is 7.05 Å². The van der Waals surface area contributed by atoms with Crippen LogP contribution in [0.25, 0.3) is 0 Å². The molecule has 1 aliphatic carbocycles. The van der Waals surface area contributed by atoms with E-state index in [0.717, 1.165) is 12.1 Å². The standard InChI is InChI=1S/C18H23N3O/c1-12(19-18(22)17-11-21(3)20-13(17)2)15-9-8-14-6-4-5-7-16(14)10-15/h8-12H,4-7H2,1-3H3,(H,19,22). The van der Waals surface area contributed by atoms with Gasteiger partial charge in [-0.15, -0.1) is 0 Å². The third-order valence-electron chi connectivity index (χ3n) is 4.48. The molecule has 0 aliphatic heterocycles. The van der Waals surface area contributed by atoms with Crippen molar-refractivity contribution in [3.8, 4) is 0 Å². The quantitative estimate of drug-likeness (QED) is 0.946. The highest BCUT2D eigenvalue weighted by molar-refractivity contribution is 5.95. The Morgan fingerprint density at radius 1 is 1.27 bits per heavy atom. The first-order valence-corrected chi connectivity index (χ1v) is 7.97. The second kappa shape index (κ2) is 5.95. The summed E-state index contributed by atoms with van der Waals surface area (Å²) in [7, 11) is 1.83. The number of hydrogen-bond donors (Lipinski definition) is 1. The molecule has 4 heteroatoms. The highest BCUT2D eigenvalue weighted by atomic mass is 16.1. The normalized spacial score (nSPS) is 15.2. The first kappa shape index (κ1) is 14.8. The summed E-state index contributed by atoms with van der Waals surface area (Å²) >= 11 is 0. The highest BCUT2D eigenvalue weighted by Crippen LogP contribution is 2.25. The molecule has 1 aromatic carbocycles. The number of amides is 1. The number of benzene rings is 1. The zero-order valence-corrected chi connectivity index (χ0v) is 13.5. The molecule has 0 saturated carbocycles. The third kappa shape index (κ3) is 2.91. The number of rotatable bonds is 3. The second-order valence-electron chi connectivity index (χ2n) is 6.23. The first-order chi connectivity index (χ1) is 10.5. The van der Waals surface area contributed by atoms with Gasteiger partial charge in [0.2, 0.25) is 0 Å². The number of nitrogens with one attached hydrogen (secondary N) is 1. The van der Waals surface area contributed by atoms with Crippen LogP contribution in [0.3, 0.4) is 0 Å². The molecule has 1 N–H and O–H groups in total. The fourth-order valence-electron chi connectivity index (χ4n) is 3.20. The lowest BCUT2D eigenvalue weighted by molar-refractivity contribution is 0.0939. The fourth-order valence-corrected chi connectivity index (χ4v) is 3.20. The average Bonchev–Trinajstić information content (AvgIpc) is 2.85. The van der Waals surface area contributed by atoms with Crippen LogP contribution in [-0.2, 0) is 19.9 Å². The van der Waals surface area contributed by atoms with E-state index in [0.29, 0.717) is 5.56 Å². The topological polar surface area (TPSA) is 46.9 Å². The number of carbonyl (C=O) groups excluding carboxylic acids is 1. The molecule has 116 valence electrons. The van der Waals surface area contributed by atoms with Crippen LogP contribution in [0.1, 0.15) is 58.5 Å². The Kier molecular flexibility index (Phi) is 4.01. The molecule has 4 nitrogen and oxygen atoms in total. The lowest BCUT2D eigenvalue weighted by atomic mass is 9.89. The Morgan fingerprint density at radius 3 is 2.68 bits per heavy atom. The van der Waals surface area contributed by atoms with Crippen molar-refractivity contribution < 1.29 is 4.79 Å². The summed E-state index contributed by atoms with van der Waals surface area (Å²) in [4.78, 5) is 12.4. The molecule has 22 heavy (non-hydrogen) atoms. The van der Waals surface area contributed by atoms with Crippen LogP contribution in [0.5, 0.6) is 0 Å². The smallest absolute Gasteiger partial charge is 0.255 e. The zero-order chi connectivity index (χ0) is 15.7. The number of carbonyl (C=O) groups is 1. The van der Waals surface area contributed by atoms with Crippen LogP contribution in [0, 0.1) is 6.92 Å². The van der Waals surface area contributed by atoms with E-state index in [1.54, 1.807) is 10.9 Å². The van der Waals surface area contributed by atoms with Crippen molar-refractivity contribution in [3.05, 3.63) is 52.3 Å². The molecular formula is C18H23N3O. The maximum Gasteiger partial charge on any atom is 0.255 e. The lowest BCUT2D eigenvalue weighted by Crippen LogP contribution is -2.27. The Bertz CT molecular complexity index is 702. The molecule has 1 heterocycles. The molecule has 0 radical (unpaired) electrons. The summed E-state index contributed by atoms with van der Waals surface area (Å²) in [6.07, 6.45) is 6.67. The highest BCUT2D eigenvalue weighted by Gasteiger charge is 2.17. The van der Waals surface area contributed by atoms with E-state index in [4.69, 9.17) is 0 Å². The van der Waals surface area contributed by atoms with Crippen LogP contribution < -0.4 is 5.32 Å². The van der Waals surface area contributed by atoms with Gasteiger partial charge in [-0.25, -0.2) is 0 Å². The summed E-state index contributed by atoms with van der Waals surface area (Å²) in [6.45, 7) is 3.90. The van der Waals surface area contributed by atoms with Crippen molar-refractivity contribution >= 4 is 5.91 Å². The van der Waals surface area contributed by atoms with Crippen LogP contribution in [0.15, 0.2) is 24.4 Å². The number of aryl methyl sites for hydroxylation is 4. The Balaban J connectivity index is 1.75. The maximum absolute atomic E-state index is 12.4. The minimum atomic E-state index is -0.0594. The van der Waals surface area contributed by atoms with Crippen molar-refractivity contribution in [1.82, 2.24) is 15.1 Å². The van der Waals surface area contributed by atoms with Gasteiger partial charge in [-0.1, -0.05) is 18.2 Å². The molecule has 1 atom stereocenters. The van der Waals surface area contributed by atoms with Gasteiger partial charge in [0.15, 0.2) is 0 Å². The summed E-state index contributed by atoms with van der Waals surface area (Å²) in [5, 5.41) is 7.31. The van der Waals surface area contributed by atoms with E-state index in [1.165, 1.54) is 36.0 Å². The van der Waals surface area contributed by atoms with Crippen LogP contribution in [0.2, 0.25) is 0 Å². The van der Waals surface area contributed by atoms with Crippen LogP contribution in [-0.4, -0.2) is 15.7 Å². The number of nitrogens with zero attached hydrogens (tertiary/aromatic N) is 2. The minimum Gasteiger partial charge on any atom is -0.345 e. The van der Waals surface area contributed by atoms with Crippen LogP contribution in [0.4, 0.5) is 0 Å². The Labute approximate surface area is 131 Å². The molecule has 0 fully saturated rings. The average molecular weight is 297 g/mol. The van der Waals surface area contributed by atoms with Gasteiger partial charge >= 0.3 is 0 Å². The number of aromatic nitrogens is 2. The van der Waals surface area contributed by atoms with Gasteiger partial charge in [0.25, 0.3) is 5.91 Å². The molecular weight excluding hydrogens is 274 g/mol. The summed E-state index contributed by atoms with van der Waals surface area (Å²) in [5.74, 6) is -0.0594. The van der Waals surface area contributed by atoms with Gasteiger partial charge in [-0.3, -0.25) is 9.48 Å². The predicted octanol–water partition coefficient (Wildman–Crippen LogP) is 3.10. The van der Waals surface area contributed by atoms with Gasteiger partial charge in [0, 0.05) is 13.2 Å². The molecule has 1 amide bonds. The van der Waals surface area contributed by atoms with E-state index < -0.39 is 0 Å². The van der Waals surface area contributed by atoms with Gasteiger partial charge in [-0.2, -0.15) is 5.10 Å². The number of fused-ring (bicyclic) bond motifs is 1. The van der Waals surface area contributed by atoms with Crippen molar-refractivity contribution in [2.45, 2.75) is 45.6 Å². The van der Waals surface area contributed by atoms with E-state index in [2.05, 4.69) is 28.6 Å². The molecule has 2 aromatic rings. The monoisotopic (exact) mass is 297 g/mol. The fraction of sp³-hybridized carbons (Fsp3) is 0.444. The van der Waals surface area contributed by atoms with E-state index in [1.807, 2.05) is 20.9 Å². The third-order valence-corrected chi connectivity index (χ3v) is 4.48. The van der Waals surface area contributed by atoms with E-state index >= 15 is 0 Å². The lowest BCUT2D eigenvalue weighted by Gasteiger charge is -2.20. The summed E-state index contributed by atoms with van der Waals surface area (Å²) in [5.41, 5.74) is 5.50. The summed E-state index contributed by atoms with van der Waals surface area (Å²) < 4.78 is 1.67.